The van der Waals surface area contributed by atoms with Gasteiger partial charge in [-0.15, -0.1) is 0 Å². The minimum absolute atomic E-state index is 0.0193. The maximum absolute atomic E-state index is 13.1. The van der Waals surface area contributed by atoms with Crippen LogP contribution in [-0.4, -0.2) is 70.6 Å². The van der Waals surface area contributed by atoms with Gasteiger partial charge in [0.25, 0.3) is 5.91 Å². The average molecular weight is 509 g/mol. The number of likely N-dealkylation sites (tertiary alicyclic amines) is 1. The molecule has 4 heterocycles. The molecule has 0 bridgehead atoms. The van der Waals surface area contributed by atoms with Crippen LogP contribution in [0, 0.1) is 5.92 Å². The molecule has 0 spiro atoms. The summed E-state index contributed by atoms with van der Waals surface area (Å²) in [5.74, 6) is 0.206. The number of hydrogen-bond donors (Lipinski definition) is 2. The monoisotopic (exact) mass is 508 g/mol. The van der Waals surface area contributed by atoms with E-state index in [0.717, 1.165) is 13.1 Å². The van der Waals surface area contributed by atoms with Gasteiger partial charge in [0, 0.05) is 43.7 Å². The maximum Gasteiger partial charge on any atom is 0.271 e. The summed E-state index contributed by atoms with van der Waals surface area (Å²) in [5, 5.41) is 10.8. The summed E-state index contributed by atoms with van der Waals surface area (Å²) in [6.07, 6.45) is 2.73. The number of aromatic nitrogens is 3. The van der Waals surface area contributed by atoms with Crippen molar-refractivity contribution in [2.24, 2.45) is 5.92 Å². The van der Waals surface area contributed by atoms with Crippen molar-refractivity contribution in [2.45, 2.75) is 25.4 Å². The summed E-state index contributed by atoms with van der Waals surface area (Å²) < 4.78 is 5.16. The molecule has 2 N–H and O–H groups in total. The quantitative estimate of drug-likeness (QED) is 0.548. The Labute approximate surface area is 214 Å². The number of nitrogens with zero attached hydrogens (tertiary/aromatic N) is 4. The zero-order valence-corrected chi connectivity index (χ0v) is 21.1. The Morgan fingerprint density at radius 1 is 1.19 bits per heavy atom. The second-order valence-electron chi connectivity index (χ2n) is 9.40. The standard InChI is InChI=1S/C26H29ClN6O3/c1-32-14-17-5-3-4-6-18(17)23(15-32)29-25(34)16-7-9-33(10-8-16)26(35)22-12-21(30-31-22)19-11-24(36-2)28-13-20(19)27/h3-6,11-13,16,23H,7-10,14-15H2,1-2H3,(H,29,34)(H,30,31). The minimum atomic E-state index is -0.146. The molecule has 1 aromatic carbocycles. The highest BCUT2D eigenvalue weighted by atomic mass is 35.5. The summed E-state index contributed by atoms with van der Waals surface area (Å²) in [4.78, 5) is 34.3. The molecule has 0 aliphatic carbocycles. The number of nitrogens with one attached hydrogen (secondary N) is 2. The predicted molar refractivity (Wildman–Crippen MR) is 136 cm³/mol. The summed E-state index contributed by atoms with van der Waals surface area (Å²) in [7, 11) is 3.59. The van der Waals surface area contributed by atoms with Crippen LogP contribution in [0.4, 0.5) is 0 Å². The molecule has 0 radical (unpaired) electrons. The number of amides is 2. The van der Waals surface area contributed by atoms with Gasteiger partial charge in [-0.3, -0.25) is 19.6 Å². The van der Waals surface area contributed by atoms with Crippen molar-refractivity contribution in [3.8, 4) is 17.1 Å². The smallest absolute Gasteiger partial charge is 0.271 e. The van der Waals surface area contributed by atoms with Gasteiger partial charge >= 0.3 is 0 Å². The number of benzene rings is 1. The predicted octanol–water partition coefficient (Wildman–Crippen LogP) is 3.29. The summed E-state index contributed by atoms with van der Waals surface area (Å²) in [6.45, 7) is 2.70. The number of carbonyl (C=O) groups is 2. The van der Waals surface area contributed by atoms with Crippen LogP contribution in [0.3, 0.4) is 0 Å². The third kappa shape index (κ3) is 4.94. The molecule has 2 aliphatic heterocycles. The fourth-order valence-corrected chi connectivity index (χ4v) is 5.21. The average Bonchev–Trinajstić information content (AvgIpc) is 3.38. The molecule has 0 saturated carbocycles. The topological polar surface area (TPSA) is 103 Å². The fourth-order valence-electron chi connectivity index (χ4n) is 5.01. The zero-order valence-electron chi connectivity index (χ0n) is 20.3. The molecule has 10 heteroatoms. The number of H-pyrrole nitrogens is 1. The first-order valence-electron chi connectivity index (χ1n) is 12.0. The first-order valence-corrected chi connectivity index (χ1v) is 12.4. The van der Waals surface area contributed by atoms with Gasteiger partial charge in [0.15, 0.2) is 0 Å². The van der Waals surface area contributed by atoms with Gasteiger partial charge in [0.05, 0.1) is 30.1 Å². The molecular weight excluding hydrogens is 480 g/mol. The molecule has 5 rings (SSSR count). The van der Waals surface area contributed by atoms with Crippen LogP contribution in [-0.2, 0) is 11.3 Å². The van der Waals surface area contributed by atoms with Gasteiger partial charge in [0.1, 0.15) is 5.69 Å². The molecule has 1 unspecified atom stereocenters. The van der Waals surface area contributed by atoms with Crippen LogP contribution < -0.4 is 10.1 Å². The first-order chi connectivity index (χ1) is 17.4. The molecule has 3 aromatic rings. The van der Waals surface area contributed by atoms with Crippen molar-refractivity contribution in [1.29, 1.82) is 0 Å². The van der Waals surface area contributed by atoms with Gasteiger partial charge in [-0.1, -0.05) is 35.9 Å². The van der Waals surface area contributed by atoms with Crippen molar-refractivity contribution in [1.82, 2.24) is 30.3 Å². The molecular formula is C26H29ClN6O3. The van der Waals surface area contributed by atoms with Crippen LogP contribution in [0.25, 0.3) is 11.3 Å². The lowest BCUT2D eigenvalue weighted by Gasteiger charge is -2.35. The Morgan fingerprint density at radius 2 is 1.97 bits per heavy atom. The highest BCUT2D eigenvalue weighted by molar-refractivity contribution is 6.33. The normalized spacial score (nSPS) is 18.5. The van der Waals surface area contributed by atoms with E-state index in [-0.39, 0.29) is 23.8 Å². The molecule has 188 valence electrons. The van der Waals surface area contributed by atoms with Crippen LogP contribution in [0.15, 0.2) is 42.6 Å². The van der Waals surface area contributed by atoms with Crippen LogP contribution in [0.1, 0.15) is 40.5 Å². The lowest BCUT2D eigenvalue weighted by Crippen LogP contribution is -2.46. The van der Waals surface area contributed by atoms with Crippen molar-refractivity contribution in [2.75, 3.05) is 33.8 Å². The van der Waals surface area contributed by atoms with Crippen molar-refractivity contribution < 1.29 is 14.3 Å². The number of hydrogen-bond acceptors (Lipinski definition) is 6. The van der Waals surface area contributed by atoms with E-state index >= 15 is 0 Å². The second-order valence-corrected chi connectivity index (χ2v) is 9.80. The van der Waals surface area contributed by atoms with Crippen LogP contribution in [0.2, 0.25) is 5.02 Å². The molecule has 1 atom stereocenters. The van der Waals surface area contributed by atoms with Crippen molar-refractivity contribution in [3.05, 3.63) is 64.4 Å². The number of halogens is 1. The Kier molecular flexibility index (Phi) is 6.93. The van der Waals surface area contributed by atoms with Gasteiger partial charge in [-0.2, -0.15) is 5.10 Å². The van der Waals surface area contributed by atoms with E-state index < -0.39 is 0 Å². The van der Waals surface area contributed by atoms with Gasteiger partial charge in [-0.25, -0.2) is 4.98 Å². The van der Waals surface area contributed by atoms with E-state index in [1.165, 1.54) is 24.4 Å². The number of methoxy groups -OCH3 is 1. The summed E-state index contributed by atoms with van der Waals surface area (Å²) >= 11 is 6.27. The second kappa shape index (κ2) is 10.3. The number of likely N-dealkylation sites (N-methyl/N-ethyl adjacent to an activating group) is 1. The summed E-state index contributed by atoms with van der Waals surface area (Å²) in [6, 6.07) is 11.6. The fraction of sp³-hybridized carbons (Fsp3) is 0.385. The van der Waals surface area contributed by atoms with E-state index in [4.69, 9.17) is 16.3 Å². The molecule has 1 fully saturated rings. The molecule has 2 aliphatic rings. The molecule has 2 aromatic heterocycles. The number of piperidine rings is 1. The number of fused-ring (bicyclic) bond motifs is 1. The minimum Gasteiger partial charge on any atom is -0.481 e. The first kappa shape index (κ1) is 24.3. The van der Waals surface area contributed by atoms with Crippen molar-refractivity contribution in [3.63, 3.8) is 0 Å². The number of ether oxygens (including phenoxy) is 1. The highest BCUT2D eigenvalue weighted by Gasteiger charge is 2.31. The van der Waals surface area contributed by atoms with E-state index in [2.05, 4.69) is 44.6 Å². The van der Waals surface area contributed by atoms with Crippen LogP contribution >= 0.6 is 11.6 Å². The number of aromatic amines is 1. The number of pyridine rings is 1. The molecule has 9 nitrogen and oxygen atoms in total. The van der Waals surface area contributed by atoms with Gasteiger partial charge in [0.2, 0.25) is 11.8 Å². The Balaban J connectivity index is 1.20. The van der Waals surface area contributed by atoms with Gasteiger partial charge in [-0.05, 0) is 37.1 Å². The number of rotatable bonds is 5. The lowest BCUT2D eigenvalue weighted by molar-refractivity contribution is -0.127. The lowest BCUT2D eigenvalue weighted by atomic mass is 9.92. The number of carbonyl (C=O) groups excluding carboxylic acids is 2. The van der Waals surface area contributed by atoms with E-state index in [9.17, 15) is 9.59 Å². The summed E-state index contributed by atoms with van der Waals surface area (Å²) in [5.41, 5.74) is 3.99. The molecule has 36 heavy (non-hydrogen) atoms. The molecule has 1 saturated heterocycles. The maximum atomic E-state index is 13.1. The third-order valence-corrected chi connectivity index (χ3v) is 7.26. The Hall–Kier alpha value is -3.43. The van der Waals surface area contributed by atoms with Gasteiger partial charge < -0.3 is 15.0 Å². The SMILES string of the molecule is COc1cc(-c2cc(C(=O)N3CCC(C(=O)NC4CN(C)Cc5ccccc54)CC3)[nH]n2)c(Cl)cn1. The Morgan fingerprint density at radius 3 is 2.75 bits per heavy atom. The van der Waals surface area contributed by atoms with Crippen LogP contribution in [0.5, 0.6) is 5.88 Å². The Bertz CT molecular complexity index is 1270. The van der Waals surface area contributed by atoms with E-state index in [1.807, 2.05) is 12.1 Å². The van der Waals surface area contributed by atoms with Crippen molar-refractivity contribution >= 4 is 23.4 Å². The van der Waals surface area contributed by atoms with E-state index in [1.54, 1.807) is 17.0 Å². The van der Waals surface area contributed by atoms with E-state index in [0.29, 0.717) is 53.8 Å². The largest absolute Gasteiger partial charge is 0.481 e. The highest BCUT2D eigenvalue weighted by Crippen LogP contribution is 2.30. The zero-order chi connectivity index (χ0) is 25.2. The third-order valence-electron chi connectivity index (χ3n) is 6.96. The molecule has 2 amide bonds.